The Hall–Kier alpha value is -4.00. The minimum Gasteiger partial charge on any atom is -0.355 e. The average Bonchev–Trinajstić information content (AvgIpc) is 3.65. The number of halogens is 1. The molecule has 0 unspecified atom stereocenters. The summed E-state index contributed by atoms with van der Waals surface area (Å²) in [7, 11) is 0. The molecule has 1 aliphatic heterocycles. The fourth-order valence-electron chi connectivity index (χ4n) is 4.47. The molecule has 172 valence electrons. The quantitative estimate of drug-likeness (QED) is 0.440. The van der Waals surface area contributed by atoms with Crippen LogP contribution < -0.4 is 15.5 Å². The summed E-state index contributed by atoms with van der Waals surface area (Å²) < 4.78 is 13.2. The standard InChI is InChI=1S/C27H25FN4O2/c28-20-8-10-21(11-9-20)30-23-13-12-22(14-19(23)16-29)32-25(33)15-24(31-27(34)18-6-7-18)26(32)17-4-2-1-3-5-17/h1-5,8-14,16,18,24,26,29-30H,6-7,15H2,(H,31,34)/t24-,26+/m0/s1. The maximum absolute atomic E-state index is 13.2. The van der Waals surface area contributed by atoms with Crippen molar-refractivity contribution in [1.29, 1.82) is 5.41 Å². The molecule has 2 fully saturated rings. The molecule has 0 spiro atoms. The molecule has 5 rings (SSSR count). The molecule has 3 N–H and O–H groups in total. The van der Waals surface area contributed by atoms with Crippen LogP contribution in [0.1, 0.15) is 36.4 Å². The third-order valence-electron chi connectivity index (χ3n) is 6.33. The number of rotatable bonds is 7. The van der Waals surface area contributed by atoms with Gasteiger partial charge < -0.3 is 20.9 Å². The monoisotopic (exact) mass is 456 g/mol. The van der Waals surface area contributed by atoms with Gasteiger partial charge in [-0.15, -0.1) is 0 Å². The minimum absolute atomic E-state index is 0.0135. The molecule has 2 aliphatic rings. The lowest BCUT2D eigenvalue weighted by Crippen LogP contribution is -2.40. The first-order valence-corrected chi connectivity index (χ1v) is 11.4. The Balaban J connectivity index is 1.47. The molecule has 2 amide bonds. The van der Waals surface area contributed by atoms with E-state index in [1.165, 1.54) is 18.3 Å². The molecule has 0 radical (unpaired) electrons. The number of amides is 2. The Bertz CT molecular complexity index is 1230. The highest BCUT2D eigenvalue weighted by atomic mass is 19.1. The van der Waals surface area contributed by atoms with E-state index in [0.29, 0.717) is 22.6 Å². The molecule has 1 heterocycles. The molecule has 34 heavy (non-hydrogen) atoms. The number of carbonyl (C=O) groups excluding carboxylic acids is 2. The van der Waals surface area contributed by atoms with Crippen molar-refractivity contribution >= 4 is 35.1 Å². The second-order valence-electron chi connectivity index (χ2n) is 8.76. The van der Waals surface area contributed by atoms with Crippen molar-refractivity contribution in [3.63, 3.8) is 0 Å². The first-order valence-electron chi connectivity index (χ1n) is 11.4. The smallest absolute Gasteiger partial charge is 0.229 e. The zero-order valence-electron chi connectivity index (χ0n) is 18.5. The van der Waals surface area contributed by atoms with E-state index in [1.807, 2.05) is 42.5 Å². The summed E-state index contributed by atoms with van der Waals surface area (Å²) >= 11 is 0. The topological polar surface area (TPSA) is 85.3 Å². The van der Waals surface area contributed by atoms with E-state index < -0.39 is 0 Å². The van der Waals surface area contributed by atoms with Crippen molar-refractivity contribution < 1.29 is 14.0 Å². The van der Waals surface area contributed by atoms with Crippen molar-refractivity contribution in [2.75, 3.05) is 10.2 Å². The first kappa shape index (κ1) is 21.8. The molecule has 7 heteroatoms. The van der Waals surface area contributed by atoms with Crippen LogP contribution in [0, 0.1) is 17.1 Å². The molecule has 0 aromatic heterocycles. The minimum atomic E-state index is -0.342. The van der Waals surface area contributed by atoms with Crippen LogP contribution in [0.4, 0.5) is 21.5 Å². The Labute approximate surface area is 197 Å². The van der Waals surface area contributed by atoms with Crippen LogP contribution in [-0.2, 0) is 9.59 Å². The number of anilines is 3. The van der Waals surface area contributed by atoms with Crippen LogP contribution in [0.15, 0.2) is 72.8 Å². The Kier molecular flexibility index (Phi) is 5.84. The Morgan fingerprint density at radius 1 is 1.03 bits per heavy atom. The predicted octanol–water partition coefficient (Wildman–Crippen LogP) is 4.94. The molecule has 3 aromatic rings. The van der Waals surface area contributed by atoms with Crippen molar-refractivity contribution in [2.24, 2.45) is 5.92 Å². The number of carbonyl (C=O) groups is 2. The van der Waals surface area contributed by atoms with Crippen molar-refractivity contribution in [3.05, 3.63) is 89.7 Å². The summed E-state index contributed by atoms with van der Waals surface area (Å²) in [6, 6.07) is 20.4. The molecule has 2 atom stereocenters. The molecule has 0 bridgehead atoms. The van der Waals surface area contributed by atoms with Gasteiger partial charge in [-0.05, 0) is 60.9 Å². The average molecular weight is 457 g/mol. The number of hydrogen-bond donors (Lipinski definition) is 3. The van der Waals surface area contributed by atoms with Gasteiger partial charge in [0.15, 0.2) is 0 Å². The van der Waals surface area contributed by atoms with E-state index in [2.05, 4.69) is 10.6 Å². The lowest BCUT2D eigenvalue weighted by atomic mass is 9.99. The summed E-state index contributed by atoms with van der Waals surface area (Å²) in [5.41, 5.74) is 3.56. The molecular weight excluding hydrogens is 431 g/mol. The van der Waals surface area contributed by atoms with E-state index >= 15 is 0 Å². The third-order valence-corrected chi connectivity index (χ3v) is 6.33. The maximum Gasteiger partial charge on any atom is 0.229 e. The Morgan fingerprint density at radius 2 is 1.76 bits per heavy atom. The van der Waals surface area contributed by atoms with Crippen LogP contribution in [0.5, 0.6) is 0 Å². The number of nitrogens with one attached hydrogen (secondary N) is 3. The summed E-state index contributed by atoms with van der Waals surface area (Å²) in [5, 5.41) is 14.2. The second kappa shape index (κ2) is 9.09. The summed E-state index contributed by atoms with van der Waals surface area (Å²) in [5.74, 6) is -0.331. The van der Waals surface area contributed by atoms with Crippen LogP contribution in [0.3, 0.4) is 0 Å². The lowest BCUT2D eigenvalue weighted by molar-refractivity contribution is -0.123. The zero-order chi connectivity index (χ0) is 23.7. The molecule has 1 saturated carbocycles. The SMILES string of the molecule is N=Cc1cc(N2C(=O)C[C@H](NC(=O)C3CC3)[C@H]2c2ccccc2)ccc1Nc1ccc(F)cc1. The predicted molar refractivity (Wildman–Crippen MR) is 130 cm³/mol. The second-order valence-corrected chi connectivity index (χ2v) is 8.76. The van der Waals surface area contributed by atoms with Crippen LogP contribution >= 0.6 is 0 Å². The molecule has 3 aromatic carbocycles. The normalized spacial score (nSPS) is 19.7. The molecular formula is C27H25FN4O2. The van der Waals surface area contributed by atoms with E-state index in [4.69, 9.17) is 5.41 Å². The number of nitrogens with zero attached hydrogens (tertiary/aromatic N) is 1. The summed E-state index contributed by atoms with van der Waals surface area (Å²) in [6.45, 7) is 0. The summed E-state index contributed by atoms with van der Waals surface area (Å²) in [6.07, 6.45) is 3.24. The number of benzene rings is 3. The zero-order valence-corrected chi connectivity index (χ0v) is 18.5. The summed E-state index contributed by atoms with van der Waals surface area (Å²) in [4.78, 5) is 27.5. The van der Waals surface area contributed by atoms with Gasteiger partial charge in [0.25, 0.3) is 0 Å². The largest absolute Gasteiger partial charge is 0.355 e. The highest BCUT2D eigenvalue weighted by molar-refractivity contribution is 6.00. The number of hydrogen-bond acceptors (Lipinski definition) is 4. The van der Waals surface area contributed by atoms with Gasteiger partial charge in [0.05, 0.1) is 12.1 Å². The van der Waals surface area contributed by atoms with E-state index in [-0.39, 0.29) is 42.1 Å². The van der Waals surface area contributed by atoms with E-state index in [9.17, 15) is 14.0 Å². The van der Waals surface area contributed by atoms with Gasteiger partial charge in [0.1, 0.15) is 5.82 Å². The van der Waals surface area contributed by atoms with Gasteiger partial charge in [-0.25, -0.2) is 4.39 Å². The Morgan fingerprint density at radius 3 is 2.44 bits per heavy atom. The first-order chi connectivity index (χ1) is 16.5. The van der Waals surface area contributed by atoms with E-state index in [1.54, 1.807) is 23.1 Å². The van der Waals surface area contributed by atoms with E-state index in [0.717, 1.165) is 18.4 Å². The van der Waals surface area contributed by atoms with Crippen molar-refractivity contribution in [3.8, 4) is 0 Å². The van der Waals surface area contributed by atoms with Crippen molar-refractivity contribution in [1.82, 2.24) is 5.32 Å². The van der Waals surface area contributed by atoms with Gasteiger partial charge >= 0.3 is 0 Å². The van der Waals surface area contributed by atoms with Crippen LogP contribution in [0.2, 0.25) is 0 Å². The maximum atomic E-state index is 13.2. The lowest BCUT2D eigenvalue weighted by Gasteiger charge is -2.29. The van der Waals surface area contributed by atoms with Gasteiger partial charge in [-0.3, -0.25) is 9.59 Å². The molecule has 1 saturated heterocycles. The fraction of sp³-hybridized carbons (Fsp3) is 0.222. The van der Waals surface area contributed by atoms with Crippen LogP contribution in [0.25, 0.3) is 0 Å². The molecule has 1 aliphatic carbocycles. The fourth-order valence-corrected chi connectivity index (χ4v) is 4.47. The van der Waals surface area contributed by atoms with Crippen molar-refractivity contribution in [2.45, 2.75) is 31.3 Å². The molecule has 6 nitrogen and oxygen atoms in total. The van der Waals surface area contributed by atoms with Crippen LogP contribution in [-0.4, -0.2) is 24.1 Å². The third kappa shape index (κ3) is 4.41. The van der Waals surface area contributed by atoms with Gasteiger partial charge in [-0.1, -0.05) is 30.3 Å². The highest BCUT2D eigenvalue weighted by Gasteiger charge is 2.44. The van der Waals surface area contributed by atoms with Gasteiger partial charge in [0, 0.05) is 41.2 Å². The van der Waals surface area contributed by atoms with Gasteiger partial charge in [0.2, 0.25) is 11.8 Å². The van der Waals surface area contributed by atoms with Gasteiger partial charge in [-0.2, -0.15) is 0 Å². The highest BCUT2D eigenvalue weighted by Crippen LogP contribution is 2.39.